The van der Waals surface area contributed by atoms with Gasteiger partial charge in [-0.25, -0.2) is 14.3 Å². The van der Waals surface area contributed by atoms with Crippen LogP contribution in [0.3, 0.4) is 0 Å². The molecule has 0 spiro atoms. The number of aromatic nitrogens is 6. The van der Waals surface area contributed by atoms with Crippen molar-refractivity contribution in [3.63, 3.8) is 0 Å². The zero-order valence-corrected chi connectivity index (χ0v) is 13.4. The number of benzene rings is 1. The molecule has 7 heteroatoms. The molecule has 3 aromatic rings. The van der Waals surface area contributed by atoms with Crippen LogP contribution in [0.5, 0.6) is 0 Å². The Bertz CT molecular complexity index is 792. The van der Waals surface area contributed by atoms with Gasteiger partial charge in [0.2, 0.25) is 0 Å². The molecule has 1 saturated carbocycles. The largest absolute Gasteiger partial charge is 0.380 e. The first kappa shape index (κ1) is 14.2. The fourth-order valence-electron chi connectivity index (χ4n) is 3.54. The van der Waals surface area contributed by atoms with Crippen molar-refractivity contribution in [2.45, 2.75) is 38.3 Å². The van der Waals surface area contributed by atoms with Crippen LogP contribution in [-0.4, -0.2) is 35.8 Å². The molecule has 3 atom stereocenters. The fraction of sp³-hybridized carbons (Fsp3) is 0.500. The second-order valence-corrected chi connectivity index (χ2v) is 6.53. The van der Waals surface area contributed by atoms with E-state index < -0.39 is 0 Å². The number of hydrogen-bond acceptors (Lipinski definition) is 5. The monoisotopic (exact) mass is 311 g/mol. The van der Waals surface area contributed by atoms with Crippen LogP contribution < -0.4 is 5.32 Å². The fourth-order valence-corrected chi connectivity index (χ4v) is 3.54. The number of nitrogens with zero attached hydrogens (tertiary/aromatic N) is 6. The summed E-state index contributed by atoms with van der Waals surface area (Å²) in [6.07, 6.45) is 6.92. The molecule has 0 saturated heterocycles. The highest BCUT2D eigenvalue weighted by molar-refractivity contribution is 5.78. The molecule has 3 unspecified atom stereocenters. The van der Waals surface area contributed by atoms with Crippen LogP contribution in [0.2, 0.25) is 0 Å². The summed E-state index contributed by atoms with van der Waals surface area (Å²) in [6.45, 7) is 2.31. The Hall–Kier alpha value is -2.44. The van der Waals surface area contributed by atoms with Crippen molar-refractivity contribution < 1.29 is 0 Å². The van der Waals surface area contributed by atoms with Crippen molar-refractivity contribution in [2.24, 2.45) is 13.0 Å². The predicted octanol–water partition coefficient (Wildman–Crippen LogP) is 2.40. The molecule has 0 amide bonds. The van der Waals surface area contributed by atoms with Crippen LogP contribution in [0, 0.1) is 5.92 Å². The lowest BCUT2D eigenvalue weighted by Crippen LogP contribution is -2.36. The Morgan fingerprint density at radius 3 is 3.00 bits per heavy atom. The van der Waals surface area contributed by atoms with Crippen LogP contribution in [-0.2, 0) is 7.05 Å². The van der Waals surface area contributed by atoms with Crippen molar-refractivity contribution >= 4 is 16.7 Å². The average molecular weight is 311 g/mol. The van der Waals surface area contributed by atoms with Gasteiger partial charge in [-0.15, -0.1) is 5.10 Å². The molecule has 2 heterocycles. The lowest BCUT2D eigenvalue weighted by Gasteiger charge is -2.35. The lowest BCUT2D eigenvalue weighted by atomic mass is 9.83. The van der Waals surface area contributed by atoms with E-state index in [1.165, 1.54) is 6.42 Å². The number of hydrogen-bond donors (Lipinski definition) is 1. The first-order valence-electron chi connectivity index (χ1n) is 8.11. The third-order valence-electron chi connectivity index (χ3n) is 4.82. The zero-order valence-electron chi connectivity index (χ0n) is 13.4. The van der Waals surface area contributed by atoms with Crippen LogP contribution in [0.1, 0.15) is 32.2 Å². The van der Waals surface area contributed by atoms with E-state index in [0.717, 1.165) is 29.6 Å². The molecule has 2 aromatic heterocycles. The molecule has 23 heavy (non-hydrogen) atoms. The average Bonchev–Trinajstić information content (AvgIpc) is 3.19. The first-order chi connectivity index (χ1) is 11.2. The number of nitrogens with one attached hydrogen (secondary N) is 1. The maximum Gasteiger partial charge on any atom is 0.137 e. The van der Waals surface area contributed by atoms with Crippen molar-refractivity contribution in [1.29, 1.82) is 0 Å². The Morgan fingerprint density at radius 2 is 2.17 bits per heavy atom. The minimum absolute atomic E-state index is 0.332. The van der Waals surface area contributed by atoms with Gasteiger partial charge >= 0.3 is 0 Å². The van der Waals surface area contributed by atoms with E-state index in [-0.39, 0.29) is 0 Å². The summed E-state index contributed by atoms with van der Waals surface area (Å²) in [6, 6.07) is 6.91. The lowest BCUT2D eigenvalue weighted by molar-refractivity contribution is 0.244. The zero-order chi connectivity index (χ0) is 15.8. The van der Waals surface area contributed by atoms with Crippen molar-refractivity contribution in [2.75, 3.05) is 5.32 Å². The third kappa shape index (κ3) is 2.67. The van der Waals surface area contributed by atoms with E-state index in [9.17, 15) is 0 Å². The summed E-state index contributed by atoms with van der Waals surface area (Å²) in [7, 11) is 1.91. The van der Waals surface area contributed by atoms with Gasteiger partial charge in [-0.2, -0.15) is 5.10 Å². The highest BCUT2D eigenvalue weighted by Gasteiger charge is 2.30. The minimum Gasteiger partial charge on any atom is -0.380 e. The third-order valence-corrected chi connectivity index (χ3v) is 4.82. The first-order valence-corrected chi connectivity index (χ1v) is 8.11. The van der Waals surface area contributed by atoms with Gasteiger partial charge in [-0.3, -0.25) is 0 Å². The van der Waals surface area contributed by atoms with E-state index in [2.05, 4.69) is 50.8 Å². The molecule has 0 bridgehead atoms. The Labute approximate surface area is 134 Å². The molecule has 1 N–H and O–H groups in total. The summed E-state index contributed by atoms with van der Waals surface area (Å²) < 4.78 is 3.79. The summed E-state index contributed by atoms with van der Waals surface area (Å²) in [5, 5.41) is 16.3. The van der Waals surface area contributed by atoms with Gasteiger partial charge in [0.15, 0.2) is 0 Å². The second kappa shape index (κ2) is 5.64. The van der Waals surface area contributed by atoms with Gasteiger partial charge < -0.3 is 5.32 Å². The highest BCUT2D eigenvalue weighted by Crippen LogP contribution is 2.34. The molecule has 7 nitrogen and oxygen atoms in total. The molecular formula is C16H21N7. The number of rotatable bonds is 3. The molecule has 1 aliphatic carbocycles. The molecule has 4 rings (SSSR count). The van der Waals surface area contributed by atoms with E-state index in [0.29, 0.717) is 18.0 Å². The summed E-state index contributed by atoms with van der Waals surface area (Å²) in [5.41, 5.74) is 3.04. The van der Waals surface area contributed by atoms with Gasteiger partial charge in [0, 0.05) is 18.8 Å². The standard InChI is InChI=1S/C16H21N7/c1-11-3-5-13(16(7-11)23-10-17-9-18-23)19-12-4-6-15-14(8-12)20-21-22(15)2/h4,6,8-11,13,16,19H,3,5,7H2,1-2H3. The number of aryl methyl sites for hydroxylation is 1. The number of fused-ring (bicyclic) bond motifs is 1. The highest BCUT2D eigenvalue weighted by atomic mass is 15.4. The van der Waals surface area contributed by atoms with Gasteiger partial charge in [0.25, 0.3) is 0 Å². The SMILES string of the molecule is CC1CCC(Nc2ccc3c(c2)nnn3C)C(n2cncn2)C1. The summed E-state index contributed by atoms with van der Waals surface area (Å²) in [5.74, 6) is 0.713. The van der Waals surface area contributed by atoms with Crippen LogP contribution in [0.4, 0.5) is 5.69 Å². The van der Waals surface area contributed by atoms with Gasteiger partial charge in [0.05, 0.1) is 11.6 Å². The molecule has 120 valence electrons. The molecule has 1 aromatic carbocycles. The van der Waals surface area contributed by atoms with Crippen LogP contribution in [0.15, 0.2) is 30.9 Å². The van der Waals surface area contributed by atoms with Gasteiger partial charge in [-0.05, 0) is 43.4 Å². The minimum atomic E-state index is 0.332. The van der Waals surface area contributed by atoms with Gasteiger partial charge in [-0.1, -0.05) is 12.1 Å². The van der Waals surface area contributed by atoms with Crippen LogP contribution in [0.25, 0.3) is 11.0 Å². The van der Waals surface area contributed by atoms with Crippen molar-refractivity contribution in [1.82, 2.24) is 29.8 Å². The van der Waals surface area contributed by atoms with E-state index in [1.54, 1.807) is 11.0 Å². The predicted molar refractivity (Wildman–Crippen MR) is 88.0 cm³/mol. The Morgan fingerprint density at radius 1 is 1.26 bits per heavy atom. The van der Waals surface area contributed by atoms with Gasteiger partial charge in [0.1, 0.15) is 18.2 Å². The van der Waals surface area contributed by atoms with E-state index in [1.807, 2.05) is 18.1 Å². The molecular weight excluding hydrogens is 290 g/mol. The molecule has 1 fully saturated rings. The van der Waals surface area contributed by atoms with Crippen LogP contribution >= 0.6 is 0 Å². The second-order valence-electron chi connectivity index (χ2n) is 6.53. The molecule has 0 radical (unpaired) electrons. The van der Waals surface area contributed by atoms with Crippen molar-refractivity contribution in [3.8, 4) is 0 Å². The normalized spacial score (nSPS) is 24.9. The quantitative estimate of drug-likeness (QED) is 0.804. The molecule has 1 aliphatic rings. The van der Waals surface area contributed by atoms with Crippen molar-refractivity contribution in [3.05, 3.63) is 30.9 Å². The Kier molecular flexibility index (Phi) is 3.48. The number of anilines is 1. The molecule has 0 aliphatic heterocycles. The topological polar surface area (TPSA) is 73.5 Å². The summed E-state index contributed by atoms with van der Waals surface area (Å²) in [4.78, 5) is 4.11. The smallest absolute Gasteiger partial charge is 0.137 e. The maximum atomic E-state index is 4.36. The Balaban J connectivity index is 1.59. The summed E-state index contributed by atoms with van der Waals surface area (Å²) >= 11 is 0. The maximum absolute atomic E-state index is 4.36. The van der Waals surface area contributed by atoms with E-state index >= 15 is 0 Å². The van der Waals surface area contributed by atoms with E-state index in [4.69, 9.17) is 0 Å².